The van der Waals surface area contributed by atoms with Crippen molar-refractivity contribution < 1.29 is 9.53 Å². The molecule has 0 bridgehead atoms. The topological polar surface area (TPSA) is 26.3 Å². The molecular formula is C13H16O2. The van der Waals surface area contributed by atoms with Gasteiger partial charge in [0.15, 0.2) is 5.78 Å². The molecule has 2 heteroatoms. The van der Waals surface area contributed by atoms with E-state index in [1.807, 2.05) is 20.8 Å². The first-order valence-corrected chi connectivity index (χ1v) is 4.89. The van der Waals surface area contributed by atoms with E-state index in [4.69, 9.17) is 4.74 Å². The van der Waals surface area contributed by atoms with Crippen LogP contribution < -0.4 is 4.74 Å². The fraction of sp³-hybridized carbons (Fsp3) is 0.308. The monoisotopic (exact) mass is 204 g/mol. The van der Waals surface area contributed by atoms with Crippen molar-refractivity contribution >= 4 is 5.78 Å². The maximum atomic E-state index is 11.9. The van der Waals surface area contributed by atoms with Crippen LogP contribution in [0.25, 0.3) is 0 Å². The van der Waals surface area contributed by atoms with Crippen LogP contribution in [-0.2, 0) is 0 Å². The van der Waals surface area contributed by atoms with E-state index in [1.165, 1.54) is 0 Å². The minimum atomic E-state index is 0.0812. The summed E-state index contributed by atoms with van der Waals surface area (Å²) in [6, 6.07) is 7.16. The highest BCUT2D eigenvalue weighted by Crippen LogP contribution is 2.15. The van der Waals surface area contributed by atoms with Crippen molar-refractivity contribution in [3.63, 3.8) is 0 Å². The lowest BCUT2D eigenvalue weighted by Gasteiger charge is -2.04. The maximum Gasteiger partial charge on any atom is 0.188 e. The van der Waals surface area contributed by atoms with Gasteiger partial charge in [-0.2, -0.15) is 0 Å². The highest BCUT2D eigenvalue weighted by molar-refractivity contribution is 6.08. The quantitative estimate of drug-likeness (QED) is 0.558. The first-order valence-electron chi connectivity index (χ1n) is 4.89. The molecule has 0 aliphatic rings. The van der Waals surface area contributed by atoms with Crippen LogP contribution in [0.4, 0.5) is 0 Å². The molecule has 0 N–H and O–H groups in total. The Kier molecular flexibility index (Phi) is 3.67. The summed E-state index contributed by atoms with van der Waals surface area (Å²) in [5, 5.41) is 0. The molecule has 0 atom stereocenters. The molecule has 80 valence electrons. The average Bonchev–Trinajstić information content (AvgIpc) is 2.27. The van der Waals surface area contributed by atoms with Crippen molar-refractivity contribution in [2.45, 2.75) is 20.8 Å². The van der Waals surface area contributed by atoms with Gasteiger partial charge in [-0.15, -0.1) is 0 Å². The molecule has 0 saturated heterocycles. The zero-order valence-electron chi connectivity index (χ0n) is 9.63. The van der Waals surface area contributed by atoms with Crippen LogP contribution in [0.15, 0.2) is 35.4 Å². The molecule has 0 aromatic heterocycles. The normalized spacial score (nSPS) is 9.60. The standard InChI is InChI=1S/C13H16O2/c1-9(2)10(3)13(14)11-5-7-12(15-4)8-6-11/h5-8H,1-4H3. The molecule has 0 unspecified atom stereocenters. The lowest BCUT2D eigenvalue weighted by atomic mass is 10.0. The van der Waals surface area contributed by atoms with Crippen molar-refractivity contribution in [1.29, 1.82) is 0 Å². The summed E-state index contributed by atoms with van der Waals surface area (Å²) in [6.07, 6.45) is 0. The summed E-state index contributed by atoms with van der Waals surface area (Å²) in [4.78, 5) is 11.9. The molecule has 1 aromatic carbocycles. The molecule has 1 aromatic rings. The third-order valence-corrected chi connectivity index (χ3v) is 2.44. The van der Waals surface area contributed by atoms with Crippen LogP contribution >= 0.6 is 0 Å². The zero-order chi connectivity index (χ0) is 11.4. The Labute approximate surface area is 90.6 Å². The number of allylic oxidation sites excluding steroid dienone is 2. The molecule has 0 aliphatic carbocycles. The molecule has 0 fully saturated rings. The van der Waals surface area contributed by atoms with Crippen molar-refractivity contribution in [3.05, 3.63) is 41.0 Å². The molecular weight excluding hydrogens is 188 g/mol. The van der Waals surface area contributed by atoms with E-state index in [0.717, 1.165) is 16.9 Å². The predicted molar refractivity (Wildman–Crippen MR) is 61.4 cm³/mol. The van der Waals surface area contributed by atoms with Crippen LogP contribution in [0.3, 0.4) is 0 Å². The summed E-state index contributed by atoms with van der Waals surface area (Å²) < 4.78 is 5.03. The van der Waals surface area contributed by atoms with Crippen LogP contribution in [0.1, 0.15) is 31.1 Å². The minimum absolute atomic E-state index is 0.0812. The van der Waals surface area contributed by atoms with Gasteiger partial charge < -0.3 is 4.74 Å². The van der Waals surface area contributed by atoms with Crippen LogP contribution in [-0.4, -0.2) is 12.9 Å². The molecule has 0 saturated carbocycles. The van der Waals surface area contributed by atoms with Gasteiger partial charge in [0, 0.05) is 5.56 Å². The molecule has 0 aliphatic heterocycles. The molecule has 0 heterocycles. The Hall–Kier alpha value is -1.57. The third kappa shape index (κ3) is 2.69. The number of carbonyl (C=O) groups is 1. The van der Waals surface area contributed by atoms with Gasteiger partial charge in [0.25, 0.3) is 0 Å². The molecule has 15 heavy (non-hydrogen) atoms. The van der Waals surface area contributed by atoms with Crippen molar-refractivity contribution in [2.75, 3.05) is 7.11 Å². The lowest BCUT2D eigenvalue weighted by molar-refractivity contribution is 0.103. The number of methoxy groups -OCH3 is 1. The number of hydrogen-bond donors (Lipinski definition) is 0. The summed E-state index contributed by atoms with van der Waals surface area (Å²) in [5.41, 5.74) is 2.56. The van der Waals surface area contributed by atoms with Crippen molar-refractivity contribution in [2.24, 2.45) is 0 Å². The molecule has 0 radical (unpaired) electrons. The first kappa shape index (κ1) is 11.5. The van der Waals surface area contributed by atoms with E-state index in [0.29, 0.717) is 5.56 Å². The van der Waals surface area contributed by atoms with Crippen LogP contribution in [0.5, 0.6) is 5.75 Å². The van der Waals surface area contributed by atoms with E-state index in [1.54, 1.807) is 31.4 Å². The fourth-order valence-electron chi connectivity index (χ4n) is 1.19. The zero-order valence-corrected chi connectivity index (χ0v) is 9.63. The molecule has 0 amide bonds. The first-order chi connectivity index (χ1) is 7.06. The molecule has 0 spiro atoms. The minimum Gasteiger partial charge on any atom is -0.497 e. The molecule has 1 rings (SSSR count). The Morgan fingerprint density at radius 2 is 1.60 bits per heavy atom. The number of carbonyl (C=O) groups excluding carboxylic acids is 1. The van der Waals surface area contributed by atoms with E-state index in [2.05, 4.69) is 0 Å². The number of rotatable bonds is 3. The van der Waals surface area contributed by atoms with Gasteiger partial charge in [-0.05, 0) is 50.6 Å². The summed E-state index contributed by atoms with van der Waals surface area (Å²) in [5.74, 6) is 0.846. The third-order valence-electron chi connectivity index (χ3n) is 2.44. The highest BCUT2D eigenvalue weighted by atomic mass is 16.5. The Morgan fingerprint density at radius 1 is 1.07 bits per heavy atom. The largest absolute Gasteiger partial charge is 0.497 e. The SMILES string of the molecule is COc1ccc(C(=O)C(C)=C(C)C)cc1. The summed E-state index contributed by atoms with van der Waals surface area (Å²) >= 11 is 0. The predicted octanol–water partition coefficient (Wildman–Crippen LogP) is 3.23. The van der Waals surface area contributed by atoms with Crippen LogP contribution in [0, 0.1) is 0 Å². The number of Topliss-reactive ketones (excluding diaryl/α,β-unsaturated/α-hetero) is 1. The lowest BCUT2D eigenvalue weighted by Crippen LogP contribution is -2.01. The maximum absolute atomic E-state index is 11.9. The van der Waals surface area contributed by atoms with Gasteiger partial charge in [0.2, 0.25) is 0 Å². The number of ketones is 1. The van der Waals surface area contributed by atoms with Crippen LogP contribution in [0.2, 0.25) is 0 Å². The van der Waals surface area contributed by atoms with Gasteiger partial charge in [-0.1, -0.05) is 5.57 Å². The smallest absolute Gasteiger partial charge is 0.188 e. The van der Waals surface area contributed by atoms with E-state index >= 15 is 0 Å². The Morgan fingerprint density at radius 3 is 2.00 bits per heavy atom. The van der Waals surface area contributed by atoms with E-state index in [-0.39, 0.29) is 5.78 Å². The average molecular weight is 204 g/mol. The van der Waals surface area contributed by atoms with Gasteiger partial charge in [-0.25, -0.2) is 0 Å². The van der Waals surface area contributed by atoms with Gasteiger partial charge in [0.05, 0.1) is 7.11 Å². The Balaban J connectivity index is 2.98. The fourth-order valence-corrected chi connectivity index (χ4v) is 1.19. The number of ether oxygens (including phenoxy) is 1. The van der Waals surface area contributed by atoms with Gasteiger partial charge >= 0.3 is 0 Å². The second kappa shape index (κ2) is 4.78. The number of hydrogen-bond acceptors (Lipinski definition) is 2. The second-order valence-corrected chi connectivity index (χ2v) is 3.68. The van der Waals surface area contributed by atoms with Gasteiger partial charge in [0.1, 0.15) is 5.75 Å². The van der Waals surface area contributed by atoms with Gasteiger partial charge in [-0.3, -0.25) is 4.79 Å². The molecule has 2 nitrogen and oxygen atoms in total. The highest BCUT2D eigenvalue weighted by Gasteiger charge is 2.08. The second-order valence-electron chi connectivity index (χ2n) is 3.68. The van der Waals surface area contributed by atoms with Crippen molar-refractivity contribution in [1.82, 2.24) is 0 Å². The Bertz CT molecular complexity index is 382. The van der Waals surface area contributed by atoms with E-state index in [9.17, 15) is 4.79 Å². The van der Waals surface area contributed by atoms with E-state index < -0.39 is 0 Å². The van der Waals surface area contributed by atoms with Crippen molar-refractivity contribution in [3.8, 4) is 5.75 Å². The summed E-state index contributed by atoms with van der Waals surface area (Å²) in [7, 11) is 1.61. The summed E-state index contributed by atoms with van der Waals surface area (Å²) in [6.45, 7) is 5.73. The number of benzene rings is 1.